The van der Waals surface area contributed by atoms with Crippen molar-refractivity contribution in [3.8, 4) is 0 Å². The Balaban J connectivity index is -0.000000320. The third-order valence-electron chi connectivity index (χ3n) is 0.213. The Morgan fingerprint density at radius 1 is 1.27 bits per heavy atom. The Labute approximate surface area is 132 Å². The third kappa shape index (κ3) is 19.5. The molecule has 0 fully saturated rings. The molecule has 7 nitrogen and oxygen atoms in total. The van der Waals surface area contributed by atoms with E-state index in [0.29, 0.717) is 0 Å². The molecular formula is H8AsCaO7PSr. The molecule has 0 saturated carbocycles. The van der Waals surface area contributed by atoms with Crippen LogP contribution in [-0.2, 0) is 11.8 Å². The number of hydrogen-bond acceptors (Lipinski definition) is 3. The van der Waals surface area contributed by atoms with Gasteiger partial charge in [-0.15, -0.1) is 0 Å². The van der Waals surface area contributed by atoms with E-state index >= 15 is 0 Å². The van der Waals surface area contributed by atoms with E-state index in [9.17, 15) is 8.30 Å². The molecule has 0 unspecified atom stereocenters. The molecule has 0 saturated heterocycles. The van der Waals surface area contributed by atoms with Crippen molar-refractivity contribution in [1.29, 1.82) is 0 Å². The van der Waals surface area contributed by atoms with Gasteiger partial charge >= 0.3 is 135 Å². The monoisotopic (exact) mass is 354 g/mol. The van der Waals surface area contributed by atoms with Crippen molar-refractivity contribution < 1.29 is 29.8 Å². The average Bonchev–Trinajstić information content (AvgIpc) is 1.14. The maximum atomic E-state index is 9.69. The molecule has 64 valence electrons. The van der Waals surface area contributed by atoms with Crippen molar-refractivity contribution in [3.05, 3.63) is 0 Å². The van der Waals surface area contributed by atoms with Crippen LogP contribution in [0.1, 0.15) is 0 Å². The van der Waals surface area contributed by atoms with Crippen molar-refractivity contribution in [3.63, 3.8) is 0 Å². The SMILES string of the molecule is O=P(O)(O)O[As](=O)(O)O.[CaH2].[SrH2]. The van der Waals surface area contributed by atoms with Gasteiger partial charge in [-0.25, -0.2) is 0 Å². The second kappa shape index (κ2) is 7.42. The molecule has 0 bridgehead atoms. The Hall–Kier alpha value is 3.13. The van der Waals surface area contributed by atoms with Gasteiger partial charge in [0, 0.05) is 0 Å². The van der Waals surface area contributed by atoms with E-state index in [2.05, 4.69) is 3.51 Å². The first-order valence-corrected chi connectivity index (χ1v) is 6.27. The molecule has 0 aliphatic rings. The van der Waals surface area contributed by atoms with Gasteiger partial charge in [0.2, 0.25) is 0 Å². The van der Waals surface area contributed by atoms with Gasteiger partial charge < -0.3 is 0 Å². The molecule has 0 rings (SSSR count). The molecule has 4 N–H and O–H groups in total. The van der Waals surface area contributed by atoms with Crippen LogP contribution in [0, 0.1) is 0 Å². The minimum absolute atomic E-state index is 0. The van der Waals surface area contributed by atoms with Crippen molar-refractivity contribution in [1.82, 2.24) is 0 Å². The molecule has 0 aliphatic carbocycles. The van der Waals surface area contributed by atoms with E-state index < -0.39 is 22.3 Å². The molecule has 0 heterocycles. The fourth-order valence-electron chi connectivity index (χ4n) is 0.139. The first kappa shape index (κ1) is 19.7. The summed E-state index contributed by atoms with van der Waals surface area (Å²) < 4.78 is 38.0. The van der Waals surface area contributed by atoms with Crippen molar-refractivity contribution in [2.75, 3.05) is 0 Å². The molecule has 0 aromatic heterocycles. The summed E-state index contributed by atoms with van der Waals surface area (Å²) in [7, 11) is -5.02. The molecule has 11 heteroatoms. The van der Waals surface area contributed by atoms with E-state index in [4.69, 9.17) is 18.0 Å². The quantitative estimate of drug-likeness (QED) is 0.296. The van der Waals surface area contributed by atoms with Gasteiger partial charge in [-0.2, -0.15) is 0 Å². The van der Waals surface area contributed by atoms with E-state index in [1.807, 2.05) is 0 Å². The van der Waals surface area contributed by atoms with Crippen LogP contribution in [0.5, 0.6) is 0 Å². The molecule has 0 aliphatic heterocycles. The molecular weight excluding hydrogens is 346 g/mol. The molecule has 11 heavy (non-hydrogen) atoms. The van der Waals surface area contributed by atoms with Crippen LogP contribution in [0.3, 0.4) is 0 Å². The topological polar surface area (TPSA) is 124 Å². The molecule has 0 aromatic rings. The third-order valence-corrected chi connectivity index (χ3v) is 3.32. The predicted octanol–water partition coefficient (Wildman–Crippen LogP) is -3.89. The molecule has 0 amide bonds. The fraction of sp³-hybridized carbons (Fsp3) is 0. The Bertz CT molecular complexity index is 159. The van der Waals surface area contributed by atoms with Gasteiger partial charge in [-0.05, 0) is 0 Å². The summed E-state index contributed by atoms with van der Waals surface area (Å²) in [6, 6.07) is 0. The summed E-state index contributed by atoms with van der Waals surface area (Å²) in [6.07, 6.45) is 0. The van der Waals surface area contributed by atoms with Crippen LogP contribution < -0.4 is 0 Å². The standard InChI is InChI=1S/AsH4O7P.Ca.Sr.4H/c2-1(3,4)8-9(5,6)7;;;;;;/h(H2,2,3,4)(H2,5,6,7);;;;;;. The first-order valence-electron chi connectivity index (χ1n) is 1.53. The van der Waals surface area contributed by atoms with Crippen LogP contribution >= 0.6 is 7.82 Å². The van der Waals surface area contributed by atoms with E-state index in [1.165, 1.54) is 0 Å². The Morgan fingerprint density at radius 2 is 1.55 bits per heavy atom. The second-order valence-electron chi connectivity index (χ2n) is 1.06. The van der Waals surface area contributed by atoms with Crippen LogP contribution in [0.15, 0.2) is 0 Å². The summed E-state index contributed by atoms with van der Waals surface area (Å²) in [4.78, 5) is 15.5. The van der Waals surface area contributed by atoms with Crippen LogP contribution in [0.4, 0.5) is 0 Å². The number of rotatable bonds is 2. The van der Waals surface area contributed by atoms with E-state index in [-0.39, 0.29) is 83.2 Å². The molecule has 0 atom stereocenters. The van der Waals surface area contributed by atoms with Gasteiger partial charge in [0.1, 0.15) is 0 Å². The summed E-state index contributed by atoms with van der Waals surface area (Å²) in [5, 5.41) is 0. The van der Waals surface area contributed by atoms with Crippen molar-refractivity contribution in [2.24, 2.45) is 0 Å². The van der Waals surface area contributed by atoms with E-state index in [0.717, 1.165) is 0 Å². The molecule has 0 aromatic carbocycles. The summed E-state index contributed by atoms with van der Waals surface area (Å²) in [5.41, 5.74) is 0. The first-order chi connectivity index (χ1) is 3.71. The predicted molar refractivity (Wildman–Crippen MR) is 41.1 cm³/mol. The minimum atomic E-state index is -5.61. The van der Waals surface area contributed by atoms with Crippen LogP contribution in [-0.4, -0.2) is 116 Å². The van der Waals surface area contributed by atoms with Gasteiger partial charge in [-0.1, -0.05) is 0 Å². The van der Waals surface area contributed by atoms with Crippen LogP contribution in [0.25, 0.3) is 0 Å². The summed E-state index contributed by atoms with van der Waals surface area (Å²) in [6.45, 7) is 0. The van der Waals surface area contributed by atoms with Crippen molar-refractivity contribution in [2.45, 2.75) is 0 Å². The van der Waals surface area contributed by atoms with E-state index in [1.54, 1.807) is 0 Å². The second-order valence-corrected chi connectivity index (χ2v) is 5.29. The summed E-state index contributed by atoms with van der Waals surface area (Å²) >= 11 is -5.61. The van der Waals surface area contributed by atoms with Gasteiger partial charge in [0.15, 0.2) is 0 Å². The number of phosphoric acid groups is 1. The fourth-order valence-corrected chi connectivity index (χ4v) is 2.16. The Morgan fingerprint density at radius 3 is 1.55 bits per heavy atom. The van der Waals surface area contributed by atoms with Gasteiger partial charge in [0.25, 0.3) is 0 Å². The van der Waals surface area contributed by atoms with Gasteiger partial charge in [-0.3, -0.25) is 0 Å². The average molecular weight is 354 g/mol. The number of hydrogen-bond donors (Lipinski definition) is 4. The zero-order valence-electron chi connectivity index (χ0n) is 3.91. The summed E-state index contributed by atoms with van der Waals surface area (Å²) in [5.74, 6) is 0. The van der Waals surface area contributed by atoms with Gasteiger partial charge in [0.05, 0.1) is 0 Å². The van der Waals surface area contributed by atoms with Crippen LogP contribution in [0.2, 0.25) is 0 Å². The maximum absolute atomic E-state index is 9.69. The Kier molecular flexibility index (Phi) is 13.3. The molecule has 0 radical (unpaired) electrons. The normalized spacial score (nSPS) is 11.3. The zero-order chi connectivity index (χ0) is 7.71. The molecule has 0 spiro atoms. The van der Waals surface area contributed by atoms with Crippen molar-refractivity contribution >= 4 is 106 Å². The zero-order valence-corrected chi connectivity index (χ0v) is 6.68.